The lowest BCUT2D eigenvalue weighted by molar-refractivity contribution is -0.161. The minimum atomic E-state index is -4.44. The molecule has 0 unspecified atom stereocenters. The maximum Gasteiger partial charge on any atom is 0.362 e. The maximum absolute atomic E-state index is 14.7. The van der Waals surface area contributed by atoms with Gasteiger partial charge < -0.3 is 28.6 Å². The Kier molecular flexibility index (Phi) is 13.5. The van der Waals surface area contributed by atoms with E-state index in [-0.39, 0.29) is 50.6 Å². The Hall–Kier alpha value is -3.57. The van der Waals surface area contributed by atoms with Gasteiger partial charge in [0.05, 0.1) is 46.5 Å². The van der Waals surface area contributed by atoms with Gasteiger partial charge in [-0.15, -0.1) is 0 Å². The number of Topliss-reactive ketones (excluding diaryl/α,β-unsaturated/α-hetero) is 1. The van der Waals surface area contributed by atoms with Gasteiger partial charge in [-0.1, -0.05) is 51.8 Å². The Bertz CT molecular complexity index is 1990. The van der Waals surface area contributed by atoms with E-state index >= 15 is 0 Å². The molecule has 58 heavy (non-hydrogen) atoms. The first-order chi connectivity index (χ1) is 26.9. The van der Waals surface area contributed by atoms with Crippen molar-refractivity contribution in [3.63, 3.8) is 0 Å². The second-order valence-corrected chi connectivity index (χ2v) is 19.7. The number of carbonyl (C=O) groups excluding carboxylic acids is 4. The second kappa shape index (κ2) is 17.2. The number of ether oxygens (including phenoxy) is 5. The standard InChI is InChI=1S/C41H58ClN3O12S/c1-11-24-20-41(24,37(49)44-58(50,51)57-40(8)15-16-40)21-30(46)29-17-25(22-45(29)36(48)27(38(2,3)4)18-33(47)56-39(5,6)7)55-31-19-32(54-23-34(52-9)53-10)43-35-26(31)13-12-14-28(35)42/h12-14,19,24-25,27,29,34H,11,15-18,20-23H2,1-10H3,(H,44,49)/t24-,25-,27-,29+,41-/m1/s1. The van der Waals surface area contributed by atoms with E-state index in [0.29, 0.717) is 40.9 Å². The average Bonchev–Trinajstić information content (AvgIpc) is 3.98. The highest BCUT2D eigenvalue weighted by Gasteiger charge is 2.62. The summed E-state index contributed by atoms with van der Waals surface area (Å²) in [7, 11) is -1.49. The van der Waals surface area contributed by atoms with Crippen molar-refractivity contribution in [2.24, 2.45) is 22.7 Å². The smallest absolute Gasteiger partial charge is 0.362 e. The summed E-state index contributed by atoms with van der Waals surface area (Å²) in [6.07, 6.45) is -0.0367. The summed E-state index contributed by atoms with van der Waals surface area (Å²) in [5.74, 6) is -2.91. The summed E-state index contributed by atoms with van der Waals surface area (Å²) >= 11 is 6.58. The fourth-order valence-electron chi connectivity index (χ4n) is 7.52. The lowest BCUT2D eigenvalue weighted by Gasteiger charge is -2.35. The lowest BCUT2D eigenvalue weighted by Crippen LogP contribution is -2.49. The number of fused-ring (bicyclic) bond motifs is 1. The molecular formula is C41H58ClN3O12S. The molecule has 1 aromatic carbocycles. The van der Waals surface area contributed by atoms with Crippen molar-refractivity contribution in [1.29, 1.82) is 0 Å². The molecule has 17 heteroatoms. The van der Waals surface area contributed by atoms with Crippen LogP contribution < -0.4 is 14.2 Å². The molecule has 2 aliphatic carbocycles. The number of hydrogen-bond donors (Lipinski definition) is 1. The molecule has 3 aliphatic rings. The van der Waals surface area contributed by atoms with E-state index < -0.39 is 80.3 Å². The summed E-state index contributed by atoms with van der Waals surface area (Å²) < 4.78 is 61.7. The minimum Gasteiger partial charge on any atom is -0.488 e. The van der Waals surface area contributed by atoms with E-state index in [9.17, 15) is 27.6 Å². The normalized spacial score (nSPS) is 23.4. The van der Waals surface area contributed by atoms with Gasteiger partial charge in [0.15, 0.2) is 12.1 Å². The molecule has 1 N–H and O–H groups in total. The monoisotopic (exact) mass is 851 g/mol. The molecule has 0 radical (unpaired) electrons. The van der Waals surface area contributed by atoms with E-state index in [1.54, 1.807) is 52.0 Å². The second-order valence-electron chi connectivity index (χ2n) is 18.0. The quantitative estimate of drug-likeness (QED) is 0.138. The van der Waals surface area contributed by atoms with Gasteiger partial charge in [0.2, 0.25) is 17.7 Å². The van der Waals surface area contributed by atoms with Gasteiger partial charge >= 0.3 is 16.3 Å². The van der Waals surface area contributed by atoms with Crippen molar-refractivity contribution in [2.75, 3.05) is 27.4 Å². The average molecular weight is 852 g/mol. The van der Waals surface area contributed by atoms with Crippen LogP contribution in [0.3, 0.4) is 0 Å². The molecule has 1 aliphatic heterocycles. The first kappa shape index (κ1) is 45.5. The highest BCUT2D eigenvalue weighted by atomic mass is 35.5. The molecule has 2 heterocycles. The first-order valence-electron chi connectivity index (χ1n) is 19.7. The van der Waals surface area contributed by atoms with E-state index in [2.05, 4.69) is 9.71 Å². The summed E-state index contributed by atoms with van der Waals surface area (Å²) in [5, 5.41) is 0.898. The third-order valence-corrected chi connectivity index (χ3v) is 12.5. The van der Waals surface area contributed by atoms with Crippen LogP contribution >= 0.6 is 11.6 Å². The molecule has 1 saturated heterocycles. The lowest BCUT2D eigenvalue weighted by atomic mass is 9.77. The number of pyridine rings is 1. The topological polar surface area (TPSA) is 186 Å². The zero-order valence-corrected chi connectivity index (χ0v) is 36.7. The Morgan fingerprint density at radius 1 is 1.07 bits per heavy atom. The number of ketones is 1. The Morgan fingerprint density at radius 3 is 2.31 bits per heavy atom. The van der Waals surface area contributed by atoms with Crippen LogP contribution in [0.15, 0.2) is 24.3 Å². The highest BCUT2D eigenvalue weighted by Crippen LogP contribution is 2.58. The van der Waals surface area contributed by atoms with Gasteiger partial charge in [-0.3, -0.25) is 19.2 Å². The van der Waals surface area contributed by atoms with Crippen LogP contribution in [-0.4, -0.2) is 98.9 Å². The van der Waals surface area contributed by atoms with Crippen LogP contribution in [0.1, 0.15) is 100 Å². The van der Waals surface area contributed by atoms with Crippen LogP contribution in [0.25, 0.3) is 10.9 Å². The molecule has 2 saturated carbocycles. The summed E-state index contributed by atoms with van der Waals surface area (Å²) in [4.78, 5) is 62.3. The minimum absolute atomic E-state index is 0.00431. The molecule has 2 aromatic rings. The van der Waals surface area contributed by atoms with Gasteiger partial charge in [-0.05, 0) is 70.4 Å². The number of halogens is 1. The molecule has 2 amide bonds. The number of para-hydroxylation sites is 1. The molecule has 3 fully saturated rings. The van der Waals surface area contributed by atoms with E-state index in [1.165, 1.54) is 19.1 Å². The Morgan fingerprint density at radius 2 is 1.74 bits per heavy atom. The summed E-state index contributed by atoms with van der Waals surface area (Å²) in [6.45, 7) is 14.2. The number of likely N-dealkylation sites (tertiary alicyclic amines) is 1. The van der Waals surface area contributed by atoms with Crippen LogP contribution in [0, 0.1) is 22.7 Å². The number of nitrogens with zero attached hydrogens (tertiary/aromatic N) is 2. The predicted octanol–water partition coefficient (Wildman–Crippen LogP) is 5.93. The number of carbonyl (C=O) groups is 4. The fourth-order valence-corrected chi connectivity index (χ4v) is 8.91. The molecule has 322 valence electrons. The SMILES string of the molecule is CC[C@@H]1C[C@]1(CC(=O)[C@@H]1C[C@@H](Oc2cc(OCC(OC)OC)nc3c(Cl)cccc23)CN1C(=O)[C@@H](CC(=O)OC(C)(C)C)C(C)(C)C)C(=O)NS(=O)(=O)OC1(C)CC1. The van der Waals surface area contributed by atoms with Gasteiger partial charge in [0, 0.05) is 38.5 Å². The number of esters is 1. The molecule has 0 bridgehead atoms. The first-order valence-corrected chi connectivity index (χ1v) is 21.5. The van der Waals surface area contributed by atoms with E-state index in [4.69, 9.17) is 39.5 Å². The van der Waals surface area contributed by atoms with Gasteiger partial charge in [0.1, 0.15) is 24.1 Å². The third kappa shape index (κ3) is 11.0. The number of methoxy groups -OCH3 is 2. The number of hydrogen-bond acceptors (Lipinski definition) is 13. The van der Waals surface area contributed by atoms with Crippen molar-refractivity contribution in [2.45, 2.75) is 130 Å². The van der Waals surface area contributed by atoms with Crippen LogP contribution in [0.4, 0.5) is 0 Å². The molecule has 5 atom stereocenters. The molecule has 1 aromatic heterocycles. The molecule has 15 nitrogen and oxygen atoms in total. The van der Waals surface area contributed by atoms with Crippen molar-refractivity contribution in [3.8, 4) is 11.6 Å². The summed E-state index contributed by atoms with van der Waals surface area (Å²) in [6, 6.07) is 5.71. The Balaban J connectivity index is 1.47. The number of rotatable bonds is 18. The van der Waals surface area contributed by atoms with Gasteiger partial charge in [-0.2, -0.15) is 8.42 Å². The zero-order chi connectivity index (χ0) is 43.0. The molecule has 5 rings (SSSR count). The van der Waals surface area contributed by atoms with Crippen LogP contribution in [0.5, 0.6) is 11.6 Å². The number of amides is 2. The van der Waals surface area contributed by atoms with E-state index in [0.717, 1.165) is 0 Å². The predicted molar refractivity (Wildman–Crippen MR) is 214 cm³/mol. The van der Waals surface area contributed by atoms with Crippen molar-refractivity contribution < 1.29 is 55.5 Å². The van der Waals surface area contributed by atoms with Gasteiger partial charge in [-0.25, -0.2) is 13.9 Å². The maximum atomic E-state index is 14.7. The summed E-state index contributed by atoms with van der Waals surface area (Å²) in [5.41, 5.74) is -3.30. The van der Waals surface area contributed by atoms with Gasteiger partial charge in [0.25, 0.3) is 0 Å². The highest BCUT2D eigenvalue weighted by molar-refractivity contribution is 7.85. The van der Waals surface area contributed by atoms with Crippen molar-refractivity contribution in [3.05, 3.63) is 29.3 Å². The third-order valence-electron chi connectivity index (χ3n) is 11.1. The van der Waals surface area contributed by atoms with Crippen LogP contribution in [-0.2, 0) is 47.9 Å². The van der Waals surface area contributed by atoms with Crippen molar-refractivity contribution >= 4 is 56.4 Å². The number of nitrogens with one attached hydrogen (secondary N) is 1. The van der Waals surface area contributed by atoms with Crippen LogP contribution in [0.2, 0.25) is 5.02 Å². The molecular weight excluding hydrogens is 794 g/mol. The largest absolute Gasteiger partial charge is 0.488 e. The molecule has 0 spiro atoms. The number of benzene rings is 1. The van der Waals surface area contributed by atoms with E-state index in [1.807, 2.05) is 27.7 Å². The van der Waals surface area contributed by atoms with Crippen molar-refractivity contribution in [1.82, 2.24) is 14.6 Å². The Labute approximate surface area is 346 Å². The zero-order valence-electron chi connectivity index (χ0n) is 35.1. The number of aromatic nitrogens is 1. The fraction of sp³-hybridized carbons (Fsp3) is 0.683.